The van der Waals surface area contributed by atoms with Gasteiger partial charge in [-0.1, -0.05) is 18.2 Å². The van der Waals surface area contributed by atoms with Crippen LogP contribution in [0.1, 0.15) is 17.5 Å². The first-order valence-electron chi connectivity index (χ1n) is 8.10. The molecule has 0 aliphatic heterocycles. The lowest BCUT2D eigenvalue weighted by Gasteiger charge is -2.11. The Morgan fingerprint density at radius 2 is 1.88 bits per heavy atom. The second kappa shape index (κ2) is 7.31. The van der Waals surface area contributed by atoms with Gasteiger partial charge < -0.3 is 19.0 Å². The summed E-state index contributed by atoms with van der Waals surface area (Å²) in [6.07, 6.45) is 1.17. The lowest BCUT2D eigenvalue weighted by atomic mass is 10.1. The Balaban J connectivity index is 1.89. The summed E-state index contributed by atoms with van der Waals surface area (Å²) in [5, 5.41) is 9.00. The predicted molar refractivity (Wildman–Crippen MR) is 96.2 cm³/mol. The Hall–Kier alpha value is -3.28. The molecule has 3 aromatic rings. The molecule has 6 heteroatoms. The molecule has 1 N–H and O–H groups in total. The molecular formula is C20H18O6. The van der Waals surface area contributed by atoms with E-state index in [0.717, 1.165) is 11.1 Å². The van der Waals surface area contributed by atoms with Crippen molar-refractivity contribution in [3.63, 3.8) is 0 Å². The number of rotatable bonds is 6. The molecule has 0 spiro atoms. The quantitative estimate of drug-likeness (QED) is 0.718. The summed E-state index contributed by atoms with van der Waals surface area (Å²) in [6.45, 7) is 3.86. The van der Waals surface area contributed by atoms with Crippen molar-refractivity contribution in [1.29, 1.82) is 0 Å². The van der Waals surface area contributed by atoms with Crippen molar-refractivity contribution >= 4 is 16.9 Å². The van der Waals surface area contributed by atoms with E-state index < -0.39 is 5.97 Å². The van der Waals surface area contributed by atoms with Crippen LogP contribution in [0.3, 0.4) is 0 Å². The fraction of sp³-hybridized carbons (Fsp3) is 0.200. The summed E-state index contributed by atoms with van der Waals surface area (Å²) in [5.74, 6) is 0.234. The molecule has 0 aliphatic rings. The Morgan fingerprint density at radius 1 is 1.15 bits per heavy atom. The number of benzene rings is 2. The summed E-state index contributed by atoms with van der Waals surface area (Å²) in [6, 6.07) is 10.5. The van der Waals surface area contributed by atoms with E-state index in [1.54, 1.807) is 18.2 Å². The van der Waals surface area contributed by atoms with Gasteiger partial charge in [0.1, 0.15) is 23.3 Å². The third-order valence-corrected chi connectivity index (χ3v) is 3.92. The number of hydrogen-bond donors (Lipinski definition) is 1. The van der Waals surface area contributed by atoms with Crippen molar-refractivity contribution in [1.82, 2.24) is 0 Å². The van der Waals surface area contributed by atoms with Crippen molar-refractivity contribution < 1.29 is 23.8 Å². The smallest absolute Gasteiger partial charge is 0.306 e. The van der Waals surface area contributed by atoms with Crippen molar-refractivity contribution in [2.24, 2.45) is 0 Å². The van der Waals surface area contributed by atoms with Gasteiger partial charge in [-0.3, -0.25) is 9.59 Å². The first-order chi connectivity index (χ1) is 12.5. The van der Waals surface area contributed by atoms with Crippen molar-refractivity contribution in [3.05, 3.63) is 64.0 Å². The van der Waals surface area contributed by atoms with Crippen LogP contribution in [0.25, 0.3) is 11.0 Å². The minimum atomic E-state index is -0.939. The zero-order valence-electron chi connectivity index (χ0n) is 14.4. The molecule has 0 radical (unpaired) electrons. The molecular weight excluding hydrogens is 336 g/mol. The molecule has 26 heavy (non-hydrogen) atoms. The maximum absolute atomic E-state index is 12.7. The fourth-order valence-electron chi connectivity index (χ4n) is 2.58. The molecule has 1 aromatic heterocycles. The highest BCUT2D eigenvalue weighted by molar-refractivity contribution is 5.79. The largest absolute Gasteiger partial charge is 0.493 e. The third kappa shape index (κ3) is 3.69. The highest BCUT2D eigenvalue weighted by Crippen LogP contribution is 2.28. The number of carboxylic acids is 1. The van der Waals surface area contributed by atoms with Gasteiger partial charge in [0.15, 0.2) is 0 Å². The van der Waals surface area contributed by atoms with Gasteiger partial charge >= 0.3 is 5.97 Å². The van der Waals surface area contributed by atoms with Crippen LogP contribution in [0.15, 0.2) is 51.9 Å². The highest BCUT2D eigenvalue weighted by atomic mass is 16.5. The van der Waals surface area contributed by atoms with E-state index in [4.69, 9.17) is 19.0 Å². The van der Waals surface area contributed by atoms with Gasteiger partial charge in [-0.25, -0.2) is 0 Å². The van der Waals surface area contributed by atoms with Gasteiger partial charge in [0.25, 0.3) is 0 Å². The Bertz CT molecular complexity index is 998. The number of carbonyl (C=O) groups is 1. The second-order valence-corrected chi connectivity index (χ2v) is 5.90. The minimum Gasteiger partial charge on any atom is -0.493 e. The standard InChI is InChI=1S/C20H18O6/c1-12-4-3-5-13(2)20(12)26-17-11-25-16-10-14(24-9-8-18(21)22)6-7-15(16)19(17)23/h3-7,10-11H,8-9H2,1-2H3,(H,21,22). The normalized spacial score (nSPS) is 10.7. The highest BCUT2D eigenvalue weighted by Gasteiger charge is 2.12. The average Bonchev–Trinajstić information content (AvgIpc) is 2.60. The molecule has 6 nitrogen and oxygen atoms in total. The first kappa shape index (κ1) is 17.5. The number of para-hydroxylation sites is 1. The lowest BCUT2D eigenvalue weighted by Crippen LogP contribution is -2.07. The van der Waals surface area contributed by atoms with E-state index in [1.807, 2.05) is 32.0 Å². The van der Waals surface area contributed by atoms with E-state index in [9.17, 15) is 9.59 Å². The number of hydrogen-bond acceptors (Lipinski definition) is 5. The number of aryl methyl sites for hydroxylation is 2. The number of fused-ring (bicyclic) bond motifs is 1. The van der Waals surface area contributed by atoms with Crippen LogP contribution in [0.5, 0.6) is 17.2 Å². The zero-order chi connectivity index (χ0) is 18.7. The molecule has 1 heterocycles. The van der Waals surface area contributed by atoms with E-state index in [-0.39, 0.29) is 24.2 Å². The average molecular weight is 354 g/mol. The molecule has 2 aromatic carbocycles. The van der Waals surface area contributed by atoms with Crippen molar-refractivity contribution in [2.45, 2.75) is 20.3 Å². The van der Waals surface area contributed by atoms with E-state index >= 15 is 0 Å². The summed E-state index contributed by atoms with van der Waals surface area (Å²) >= 11 is 0. The predicted octanol–water partition coefficient (Wildman–Crippen LogP) is 4.06. The van der Waals surface area contributed by atoms with Crippen molar-refractivity contribution in [2.75, 3.05) is 6.61 Å². The molecule has 0 bridgehead atoms. The van der Waals surface area contributed by atoms with Crippen LogP contribution in [0, 0.1) is 13.8 Å². The fourth-order valence-corrected chi connectivity index (χ4v) is 2.58. The molecule has 134 valence electrons. The van der Waals surface area contributed by atoms with Gasteiger partial charge in [0, 0.05) is 6.07 Å². The maximum Gasteiger partial charge on any atom is 0.306 e. The molecule has 0 unspecified atom stereocenters. The third-order valence-electron chi connectivity index (χ3n) is 3.92. The SMILES string of the molecule is Cc1cccc(C)c1Oc1coc2cc(OCCC(=O)O)ccc2c1=O. The molecule has 0 saturated carbocycles. The summed E-state index contributed by atoms with van der Waals surface area (Å²) in [5.41, 5.74) is 1.90. The molecule has 0 saturated heterocycles. The maximum atomic E-state index is 12.7. The Morgan fingerprint density at radius 3 is 2.58 bits per heavy atom. The summed E-state index contributed by atoms with van der Waals surface area (Å²) in [4.78, 5) is 23.2. The molecule has 3 rings (SSSR count). The second-order valence-electron chi connectivity index (χ2n) is 5.90. The van der Waals surface area contributed by atoms with Gasteiger partial charge in [0.05, 0.1) is 18.4 Å². The molecule has 0 fully saturated rings. The van der Waals surface area contributed by atoms with Crippen LogP contribution in [-0.4, -0.2) is 17.7 Å². The van der Waals surface area contributed by atoms with Gasteiger partial charge in [-0.05, 0) is 37.1 Å². The number of carboxylic acid groups (broad SMARTS) is 1. The van der Waals surface area contributed by atoms with Crippen LogP contribution in [0.4, 0.5) is 0 Å². The lowest BCUT2D eigenvalue weighted by molar-refractivity contribution is -0.137. The zero-order valence-corrected chi connectivity index (χ0v) is 14.4. The first-order valence-corrected chi connectivity index (χ1v) is 8.10. The van der Waals surface area contributed by atoms with E-state index in [2.05, 4.69) is 0 Å². The van der Waals surface area contributed by atoms with Gasteiger partial charge in [-0.2, -0.15) is 0 Å². The van der Waals surface area contributed by atoms with Crippen LogP contribution in [-0.2, 0) is 4.79 Å². The van der Waals surface area contributed by atoms with Gasteiger partial charge in [0.2, 0.25) is 11.2 Å². The Labute approximate surface area is 149 Å². The molecule has 0 atom stereocenters. The summed E-state index contributed by atoms with van der Waals surface area (Å²) < 4.78 is 16.7. The van der Waals surface area contributed by atoms with Crippen molar-refractivity contribution in [3.8, 4) is 17.2 Å². The molecule has 0 amide bonds. The number of aliphatic carboxylic acids is 1. The van der Waals surface area contributed by atoms with E-state index in [0.29, 0.717) is 22.5 Å². The monoisotopic (exact) mass is 354 g/mol. The summed E-state index contributed by atoms with van der Waals surface area (Å²) in [7, 11) is 0. The van der Waals surface area contributed by atoms with E-state index in [1.165, 1.54) is 6.26 Å². The number of ether oxygens (including phenoxy) is 2. The Kier molecular flexibility index (Phi) is 4.93. The molecule has 0 aliphatic carbocycles. The van der Waals surface area contributed by atoms with Crippen LogP contribution < -0.4 is 14.9 Å². The minimum absolute atomic E-state index is 0.0405. The topological polar surface area (TPSA) is 86.0 Å². The van der Waals surface area contributed by atoms with Crippen LogP contribution >= 0.6 is 0 Å². The van der Waals surface area contributed by atoms with Gasteiger partial charge in [-0.15, -0.1) is 0 Å². The van der Waals surface area contributed by atoms with Crippen LogP contribution in [0.2, 0.25) is 0 Å².